The molecule has 1 unspecified atom stereocenters. The minimum Gasteiger partial charge on any atom is -0.306 e. The van der Waals surface area contributed by atoms with E-state index in [1.165, 1.54) is 37.1 Å². The highest BCUT2D eigenvalue weighted by Crippen LogP contribution is 2.26. The van der Waals surface area contributed by atoms with Crippen LogP contribution >= 0.6 is 12.6 Å². The van der Waals surface area contributed by atoms with Crippen molar-refractivity contribution in [3.05, 3.63) is 35.4 Å². The Bertz CT molecular complexity index is 324. The lowest BCUT2D eigenvalue weighted by Crippen LogP contribution is -2.30. The van der Waals surface area contributed by atoms with Crippen molar-refractivity contribution in [2.45, 2.75) is 24.5 Å². The second kappa shape index (κ2) is 5.04. The summed E-state index contributed by atoms with van der Waals surface area (Å²) in [5.41, 5.74) is 2.83. The fraction of sp³-hybridized carbons (Fsp3) is 0.538. The van der Waals surface area contributed by atoms with E-state index in [1.807, 2.05) is 0 Å². The van der Waals surface area contributed by atoms with Gasteiger partial charge in [0.1, 0.15) is 0 Å². The summed E-state index contributed by atoms with van der Waals surface area (Å²) in [5, 5.41) is 0. The number of nitrogens with zero attached hydrogens (tertiary/aromatic N) is 1. The first-order chi connectivity index (χ1) is 7.29. The van der Waals surface area contributed by atoms with Crippen molar-refractivity contribution >= 4 is 12.6 Å². The van der Waals surface area contributed by atoms with Gasteiger partial charge in [0, 0.05) is 12.3 Å². The zero-order valence-electron chi connectivity index (χ0n) is 9.32. The molecule has 15 heavy (non-hydrogen) atoms. The van der Waals surface area contributed by atoms with E-state index in [0.29, 0.717) is 0 Å². The number of rotatable bonds is 2. The van der Waals surface area contributed by atoms with Crippen molar-refractivity contribution in [3.63, 3.8) is 0 Å². The van der Waals surface area contributed by atoms with Crippen LogP contribution in [0.25, 0.3) is 0 Å². The highest BCUT2D eigenvalue weighted by molar-refractivity contribution is 7.79. The molecular weight excluding hydrogens is 202 g/mol. The van der Waals surface area contributed by atoms with Gasteiger partial charge in [-0.3, -0.25) is 0 Å². The molecule has 82 valence electrons. The summed E-state index contributed by atoms with van der Waals surface area (Å²) < 4.78 is 0. The van der Waals surface area contributed by atoms with Gasteiger partial charge in [0.2, 0.25) is 0 Å². The predicted molar refractivity (Wildman–Crippen MR) is 68.6 cm³/mol. The third-order valence-electron chi connectivity index (χ3n) is 3.23. The lowest BCUT2D eigenvalue weighted by molar-refractivity contribution is 0.251. The Kier molecular flexibility index (Phi) is 3.71. The van der Waals surface area contributed by atoms with Gasteiger partial charge in [0.25, 0.3) is 0 Å². The Hall–Kier alpha value is -0.470. The summed E-state index contributed by atoms with van der Waals surface area (Å²) in [4.78, 5) is 2.43. The van der Waals surface area contributed by atoms with Crippen LogP contribution in [0.4, 0.5) is 0 Å². The zero-order chi connectivity index (χ0) is 10.7. The average molecular weight is 221 g/mol. The lowest BCUT2D eigenvalue weighted by Gasteiger charge is -2.30. The summed E-state index contributed by atoms with van der Waals surface area (Å²) in [6, 6.07) is 8.89. The van der Waals surface area contributed by atoms with Gasteiger partial charge in [-0.1, -0.05) is 24.3 Å². The highest BCUT2D eigenvalue weighted by Gasteiger charge is 2.18. The first-order valence-electron chi connectivity index (χ1n) is 5.68. The standard InChI is InChI=1S/C13H19NS/c1-14-7-3-6-13(9-14)12-5-2-4-11(8-12)10-15/h2,4-5,8,13,15H,3,6-7,9-10H2,1H3. The van der Waals surface area contributed by atoms with Gasteiger partial charge in [-0.25, -0.2) is 0 Å². The monoisotopic (exact) mass is 221 g/mol. The fourth-order valence-electron chi connectivity index (χ4n) is 2.38. The van der Waals surface area contributed by atoms with Crippen molar-refractivity contribution < 1.29 is 0 Å². The molecule has 0 aromatic heterocycles. The summed E-state index contributed by atoms with van der Waals surface area (Å²) in [5.74, 6) is 1.57. The fourth-order valence-corrected chi connectivity index (χ4v) is 2.58. The van der Waals surface area contributed by atoms with E-state index in [2.05, 4.69) is 48.8 Å². The molecule has 0 amide bonds. The zero-order valence-corrected chi connectivity index (χ0v) is 10.2. The maximum absolute atomic E-state index is 4.33. The van der Waals surface area contributed by atoms with Crippen LogP contribution in [0.3, 0.4) is 0 Å². The number of hydrogen-bond acceptors (Lipinski definition) is 2. The summed E-state index contributed by atoms with van der Waals surface area (Å²) in [7, 11) is 2.22. The maximum atomic E-state index is 4.33. The smallest absolute Gasteiger partial charge is 0.0154 e. The van der Waals surface area contributed by atoms with E-state index in [1.54, 1.807) is 0 Å². The molecule has 2 heteroatoms. The van der Waals surface area contributed by atoms with E-state index in [4.69, 9.17) is 0 Å². The molecular formula is C13H19NS. The molecule has 1 fully saturated rings. The van der Waals surface area contributed by atoms with E-state index >= 15 is 0 Å². The first kappa shape index (κ1) is 11.0. The Morgan fingerprint density at radius 1 is 1.47 bits per heavy atom. The minimum absolute atomic E-state index is 0.726. The van der Waals surface area contributed by atoms with Crippen molar-refractivity contribution in [2.24, 2.45) is 0 Å². The quantitative estimate of drug-likeness (QED) is 0.752. The summed E-state index contributed by atoms with van der Waals surface area (Å²) in [6.45, 7) is 2.46. The number of benzene rings is 1. The molecule has 0 saturated carbocycles. The molecule has 2 rings (SSSR count). The van der Waals surface area contributed by atoms with E-state index in [9.17, 15) is 0 Å². The van der Waals surface area contributed by atoms with E-state index in [0.717, 1.165) is 11.7 Å². The molecule has 0 spiro atoms. The van der Waals surface area contributed by atoms with Gasteiger partial charge in [-0.15, -0.1) is 0 Å². The third kappa shape index (κ3) is 2.76. The molecule has 0 bridgehead atoms. The Balaban J connectivity index is 2.13. The number of hydrogen-bond donors (Lipinski definition) is 1. The molecule has 1 aromatic carbocycles. The van der Waals surface area contributed by atoms with Gasteiger partial charge in [-0.05, 0) is 43.5 Å². The van der Waals surface area contributed by atoms with Crippen LogP contribution in [0.15, 0.2) is 24.3 Å². The topological polar surface area (TPSA) is 3.24 Å². The molecule has 1 aliphatic rings. The molecule has 1 aliphatic heterocycles. The van der Waals surface area contributed by atoms with Gasteiger partial charge in [0.15, 0.2) is 0 Å². The molecule has 1 saturated heterocycles. The van der Waals surface area contributed by atoms with Gasteiger partial charge < -0.3 is 4.90 Å². The van der Waals surface area contributed by atoms with Gasteiger partial charge in [0.05, 0.1) is 0 Å². The first-order valence-corrected chi connectivity index (χ1v) is 6.31. The van der Waals surface area contributed by atoms with Gasteiger partial charge >= 0.3 is 0 Å². The molecule has 0 N–H and O–H groups in total. The van der Waals surface area contributed by atoms with Crippen LogP contribution in [0.5, 0.6) is 0 Å². The summed E-state index contributed by atoms with van der Waals surface area (Å²) >= 11 is 4.33. The highest BCUT2D eigenvalue weighted by atomic mass is 32.1. The normalized spacial score (nSPS) is 22.9. The summed E-state index contributed by atoms with van der Waals surface area (Å²) in [6.07, 6.45) is 2.66. The third-order valence-corrected chi connectivity index (χ3v) is 3.59. The number of likely N-dealkylation sites (tertiary alicyclic amines) is 1. The number of piperidine rings is 1. The van der Waals surface area contributed by atoms with Crippen LogP contribution in [-0.4, -0.2) is 25.0 Å². The van der Waals surface area contributed by atoms with Crippen LogP contribution in [0.2, 0.25) is 0 Å². The number of likely N-dealkylation sites (N-methyl/N-ethyl adjacent to an activating group) is 1. The van der Waals surface area contributed by atoms with Crippen molar-refractivity contribution in [1.82, 2.24) is 4.90 Å². The molecule has 1 heterocycles. The molecule has 0 aliphatic carbocycles. The van der Waals surface area contributed by atoms with Crippen LogP contribution in [0, 0.1) is 0 Å². The number of thiol groups is 1. The molecule has 1 atom stereocenters. The Labute approximate surface area is 97.9 Å². The van der Waals surface area contributed by atoms with Gasteiger partial charge in [-0.2, -0.15) is 12.6 Å². The van der Waals surface area contributed by atoms with Crippen LogP contribution in [-0.2, 0) is 5.75 Å². The van der Waals surface area contributed by atoms with Crippen LogP contribution in [0.1, 0.15) is 29.9 Å². The second-order valence-corrected chi connectivity index (χ2v) is 4.82. The largest absolute Gasteiger partial charge is 0.306 e. The Morgan fingerprint density at radius 3 is 3.07 bits per heavy atom. The minimum atomic E-state index is 0.726. The molecule has 1 aromatic rings. The molecule has 1 nitrogen and oxygen atoms in total. The SMILES string of the molecule is CN1CCCC(c2cccc(CS)c2)C1. The van der Waals surface area contributed by atoms with E-state index < -0.39 is 0 Å². The van der Waals surface area contributed by atoms with Crippen molar-refractivity contribution in [2.75, 3.05) is 20.1 Å². The van der Waals surface area contributed by atoms with Crippen molar-refractivity contribution in [3.8, 4) is 0 Å². The average Bonchev–Trinajstić information content (AvgIpc) is 2.29. The van der Waals surface area contributed by atoms with Crippen molar-refractivity contribution in [1.29, 1.82) is 0 Å². The van der Waals surface area contributed by atoms with Crippen LogP contribution < -0.4 is 0 Å². The molecule has 0 radical (unpaired) electrons. The van der Waals surface area contributed by atoms with E-state index in [-0.39, 0.29) is 0 Å². The maximum Gasteiger partial charge on any atom is 0.0154 e. The lowest BCUT2D eigenvalue weighted by atomic mass is 9.90. The second-order valence-electron chi connectivity index (χ2n) is 4.50. The predicted octanol–water partition coefficient (Wildman–Crippen LogP) is 2.93. The Morgan fingerprint density at radius 2 is 2.33 bits per heavy atom.